The zero-order valence-electron chi connectivity index (χ0n) is 16.4. The molecule has 1 amide bonds. The van der Waals surface area contributed by atoms with Gasteiger partial charge in [-0.15, -0.1) is 0 Å². The first-order valence-electron chi connectivity index (χ1n) is 9.34. The van der Waals surface area contributed by atoms with E-state index in [1.165, 1.54) is 0 Å². The van der Waals surface area contributed by atoms with Crippen LogP contribution in [-0.4, -0.2) is 31.4 Å². The zero-order chi connectivity index (χ0) is 22.2. The van der Waals surface area contributed by atoms with E-state index in [4.69, 9.17) is 5.73 Å². The van der Waals surface area contributed by atoms with Crippen LogP contribution in [0.25, 0.3) is 11.1 Å². The zero-order valence-corrected chi connectivity index (χ0v) is 16.4. The number of aromatic nitrogens is 4. The molecule has 0 saturated heterocycles. The van der Waals surface area contributed by atoms with Crippen LogP contribution >= 0.6 is 0 Å². The Labute approximate surface area is 175 Å². The van der Waals surface area contributed by atoms with Crippen molar-refractivity contribution in [3.05, 3.63) is 54.1 Å². The number of hydrogen-bond donors (Lipinski definition) is 3. The Balaban J connectivity index is 1.55. The second-order valence-electron chi connectivity index (χ2n) is 7.34. The third kappa shape index (κ3) is 4.55. The number of alkyl halides is 3. The van der Waals surface area contributed by atoms with Crippen molar-refractivity contribution in [1.29, 1.82) is 0 Å². The van der Waals surface area contributed by atoms with E-state index in [0.717, 1.165) is 23.4 Å². The topological polar surface area (TPSA) is 119 Å². The molecule has 160 valence electrons. The fourth-order valence-electron chi connectivity index (χ4n) is 3.04. The lowest BCUT2D eigenvalue weighted by Gasteiger charge is -2.14. The Hall–Kier alpha value is -3.76. The predicted molar refractivity (Wildman–Crippen MR) is 107 cm³/mol. The van der Waals surface area contributed by atoms with Gasteiger partial charge in [0.2, 0.25) is 17.8 Å². The summed E-state index contributed by atoms with van der Waals surface area (Å²) in [6.07, 6.45) is 0.943. The molecule has 0 bridgehead atoms. The van der Waals surface area contributed by atoms with Gasteiger partial charge in [-0.3, -0.25) is 4.79 Å². The maximum Gasteiger partial charge on any atom is 0.433 e. The van der Waals surface area contributed by atoms with Crippen LogP contribution in [0.1, 0.15) is 24.1 Å². The smallest absolute Gasteiger partial charge is 0.368 e. The van der Waals surface area contributed by atoms with Crippen molar-refractivity contribution < 1.29 is 18.0 Å². The average Bonchev–Trinajstić information content (AvgIpc) is 3.49. The number of aryl methyl sites for hydroxylation is 1. The minimum Gasteiger partial charge on any atom is -0.368 e. The van der Waals surface area contributed by atoms with Crippen LogP contribution in [0.4, 0.5) is 30.8 Å². The molecule has 2 aromatic heterocycles. The van der Waals surface area contributed by atoms with Gasteiger partial charge in [0.1, 0.15) is 11.2 Å². The van der Waals surface area contributed by atoms with Gasteiger partial charge < -0.3 is 16.4 Å². The minimum atomic E-state index is -4.56. The lowest BCUT2D eigenvalue weighted by atomic mass is 10.1. The molecule has 0 unspecified atom stereocenters. The highest BCUT2D eigenvalue weighted by molar-refractivity contribution is 5.90. The van der Waals surface area contributed by atoms with Crippen LogP contribution in [0.2, 0.25) is 0 Å². The van der Waals surface area contributed by atoms with E-state index in [9.17, 15) is 18.0 Å². The van der Waals surface area contributed by atoms with Crippen molar-refractivity contribution >= 4 is 23.5 Å². The average molecular weight is 429 g/mol. The van der Waals surface area contributed by atoms with Crippen molar-refractivity contribution in [1.82, 2.24) is 19.9 Å². The van der Waals surface area contributed by atoms with E-state index >= 15 is 0 Å². The number of nitrogens with one attached hydrogen (secondary N) is 2. The summed E-state index contributed by atoms with van der Waals surface area (Å²) in [4.78, 5) is 27.4. The summed E-state index contributed by atoms with van der Waals surface area (Å²) in [5.74, 6) is -0.307. The van der Waals surface area contributed by atoms with Gasteiger partial charge in [0.05, 0.1) is 0 Å². The quantitative estimate of drug-likeness (QED) is 0.549. The number of carbonyl (C=O) groups is 1. The molecular formula is C20H18F3N7O. The van der Waals surface area contributed by atoms with Crippen molar-refractivity contribution in [3.8, 4) is 11.1 Å². The summed E-state index contributed by atoms with van der Waals surface area (Å²) in [6.45, 7) is 1.85. The van der Waals surface area contributed by atoms with Gasteiger partial charge in [-0.05, 0) is 49.1 Å². The van der Waals surface area contributed by atoms with Gasteiger partial charge in [-0.1, -0.05) is 6.07 Å². The number of nitrogens with zero attached hydrogens (tertiary/aromatic N) is 4. The number of benzene rings is 1. The van der Waals surface area contributed by atoms with E-state index in [-0.39, 0.29) is 5.95 Å². The Bertz CT molecular complexity index is 1130. The Morgan fingerprint density at radius 1 is 1.06 bits per heavy atom. The largest absolute Gasteiger partial charge is 0.433 e. The molecule has 1 aliphatic rings. The molecule has 1 saturated carbocycles. The SMILES string of the molecule is Cc1cc(Nc2nccc(C(F)(F)F)n2)cc(-c2cnc(NC3(C(N)=O)CC3)nc2)c1. The van der Waals surface area contributed by atoms with E-state index in [0.29, 0.717) is 30.0 Å². The van der Waals surface area contributed by atoms with Gasteiger partial charge in [0.15, 0.2) is 0 Å². The normalized spacial score (nSPS) is 14.7. The van der Waals surface area contributed by atoms with Gasteiger partial charge in [0.25, 0.3) is 0 Å². The standard InChI is InChI=1S/C20H18F3N7O/c1-11-6-12(13-9-26-17(27-10-13)30-19(3-4-19)16(24)31)8-14(7-11)28-18-25-5-2-15(29-18)20(21,22)23/h2,5-10H,3-4H2,1H3,(H2,24,31)(H,25,28,29)(H,26,27,30). The molecule has 0 atom stereocenters. The Morgan fingerprint density at radius 2 is 1.77 bits per heavy atom. The van der Waals surface area contributed by atoms with E-state index in [1.807, 2.05) is 13.0 Å². The molecule has 4 N–H and O–H groups in total. The molecule has 2 heterocycles. The summed E-state index contributed by atoms with van der Waals surface area (Å²) in [6, 6.07) is 6.18. The maximum absolute atomic E-state index is 12.9. The van der Waals surface area contributed by atoms with Gasteiger partial charge in [0, 0.05) is 29.8 Å². The molecule has 11 heteroatoms. The lowest BCUT2D eigenvalue weighted by molar-refractivity contribution is -0.141. The summed E-state index contributed by atoms with van der Waals surface area (Å²) in [5.41, 5.74) is 6.41. The fourth-order valence-corrected chi connectivity index (χ4v) is 3.04. The second-order valence-corrected chi connectivity index (χ2v) is 7.34. The Kier molecular flexibility index (Phi) is 4.96. The number of hydrogen-bond acceptors (Lipinski definition) is 7. The second kappa shape index (κ2) is 7.49. The highest BCUT2D eigenvalue weighted by Gasteiger charge is 2.49. The molecule has 0 radical (unpaired) electrons. The first-order chi connectivity index (χ1) is 14.6. The lowest BCUT2D eigenvalue weighted by Crippen LogP contribution is -2.38. The number of rotatable bonds is 6. The Morgan fingerprint density at radius 3 is 2.39 bits per heavy atom. The van der Waals surface area contributed by atoms with Crippen molar-refractivity contribution in [2.24, 2.45) is 5.73 Å². The molecule has 31 heavy (non-hydrogen) atoms. The van der Waals surface area contributed by atoms with Crippen LogP contribution < -0.4 is 16.4 Å². The summed E-state index contributed by atoms with van der Waals surface area (Å²) in [7, 11) is 0. The number of nitrogens with two attached hydrogens (primary N) is 1. The van der Waals surface area contributed by atoms with Gasteiger partial charge in [-0.2, -0.15) is 13.2 Å². The van der Waals surface area contributed by atoms with E-state index in [1.54, 1.807) is 24.5 Å². The van der Waals surface area contributed by atoms with Crippen molar-refractivity contribution in [2.45, 2.75) is 31.5 Å². The first-order valence-corrected chi connectivity index (χ1v) is 9.34. The predicted octanol–water partition coefficient (Wildman–Crippen LogP) is 3.43. The number of primary amides is 1. The molecule has 0 aliphatic heterocycles. The molecule has 8 nitrogen and oxygen atoms in total. The van der Waals surface area contributed by atoms with Gasteiger partial charge in [-0.25, -0.2) is 19.9 Å². The highest BCUT2D eigenvalue weighted by Crippen LogP contribution is 2.38. The monoisotopic (exact) mass is 429 g/mol. The molecule has 1 aliphatic carbocycles. The van der Waals surface area contributed by atoms with Crippen LogP contribution in [-0.2, 0) is 11.0 Å². The van der Waals surface area contributed by atoms with Crippen LogP contribution in [0.5, 0.6) is 0 Å². The van der Waals surface area contributed by atoms with E-state index < -0.39 is 23.3 Å². The number of amides is 1. The molecule has 1 aromatic carbocycles. The molecule has 3 aromatic rings. The van der Waals surface area contributed by atoms with Crippen LogP contribution in [0.15, 0.2) is 42.9 Å². The summed E-state index contributed by atoms with van der Waals surface area (Å²) in [5, 5.41) is 5.77. The summed E-state index contributed by atoms with van der Waals surface area (Å²) < 4.78 is 38.6. The van der Waals surface area contributed by atoms with E-state index in [2.05, 4.69) is 30.6 Å². The molecule has 4 rings (SSSR count). The number of anilines is 3. The van der Waals surface area contributed by atoms with Crippen LogP contribution in [0, 0.1) is 6.92 Å². The van der Waals surface area contributed by atoms with Crippen molar-refractivity contribution in [2.75, 3.05) is 10.6 Å². The molecular weight excluding hydrogens is 411 g/mol. The molecule has 1 fully saturated rings. The maximum atomic E-state index is 12.9. The van der Waals surface area contributed by atoms with Gasteiger partial charge >= 0.3 is 6.18 Å². The van der Waals surface area contributed by atoms with Crippen LogP contribution in [0.3, 0.4) is 0 Å². The first kappa shape index (κ1) is 20.5. The third-order valence-electron chi connectivity index (χ3n) is 4.84. The fraction of sp³-hybridized carbons (Fsp3) is 0.250. The number of halogens is 3. The summed E-state index contributed by atoms with van der Waals surface area (Å²) >= 11 is 0. The minimum absolute atomic E-state index is 0.164. The van der Waals surface area contributed by atoms with Crippen molar-refractivity contribution in [3.63, 3.8) is 0 Å². The highest BCUT2D eigenvalue weighted by atomic mass is 19.4. The number of carbonyl (C=O) groups excluding carboxylic acids is 1. The third-order valence-corrected chi connectivity index (χ3v) is 4.84. The molecule has 0 spiro atoms.